The summed E-state index contributed by atoms with van der Waals surface area (Å²) < 4.78 is 14.0. The molecular weight excluding hydrogens is 277 g/mol. The fourth-order valence-corrected chi connectivity index (χ4v) is 2.10. The monoisotopic (exact) mass is 287 g/mol. The van der Waals surface area contributed by atoms with Crippen LogP contribution in [0.1, 0.15) is 23.2 Å². The molecule has 1 heterocycles. The summed E-state index contributed by atoms with van der Waals surface area (Å²) >= 11 is 3.17. The van der Waals surface area contributed by atoms with E-state index >= 15 is 0 Å². The van der Waals surface area contributed by atoms with Gasteiger partial charge in [0.15, 0.2) is 0 Å². The number of amides is 1. The lowest BCUT2D eigenvalue weighted by Gasteiger charge is -2.26. The van der Waals surface area contributed by atoms with Gasteiger partial charge < -0.3 is 0 Å². The highest BCUT2D eigenvalue weighted by molar-refractivity contribution is 9.10. The number of benzene rings is 1. The highest BCUT2D eigenvalue weighted by Crippen LogP contribution is 2.22. The maximum Gasteiger partial charge on any atom is 0.281 e. The Labute approximate surface area is 101 Å². The Morgan fingerprint density at radius 2 is 2.25 bits per heavy atom. The van der Waals surface area contributed by atoms with Gasteiger partial charge in [0, 0.05) is 11.0 Å². The highest BCUT2D eigenvalue weighted by atomic mass is 79.9. The van der Waals surface area contributed by atoms with E-state index in [2.05, 4.69) is 15.9 Å². The minimum Gasteiger partial charge on any atom is -0.271 e. The summed E-state index contributed by atoms with van der Waals surface area (Å²) in [4.78, 5) is 17.2. The van der Waals surface area contributed by atoms with Crippen LogP contribution in [-0.2, 0) is 4.84 Å². The third-order valence-electron chi connectivity index (χ3n) is 2.41. The first kappa shape index (κ1) is 11.5. The van der Waals surface area contributed by atoms with E-state index in [1.165, 1.54) is 11.1 Å². The van der Waals surface area contributed by atoms with Crippen molar-refractivity contribution in [3.63, 3.8) is 0 Å². The average Bonchev–Trinajstić information content (AvgIpc) is 2.30. The van der Waals surface area contributed by atoms with Crippen LogP contribution in [0, 0.1) is 5.82 Å². The van der Waals surface area contributed by atoms with E-state index in [9.17, 15) is 9.18 Å². The predicted molar refractivity (Wildman–Crippen MR) is 60.3 cm³/mol. The summed E-state index contributed by atoms with van der Waals surface area (Å²) in [5, 5.41) is 1.23. The van der Waals surface area contributed by atoms with Crippen LogP contribution in [0.5, 0.6) is 0 Å². The molecule has 2 rings (SSSR count). The average molecular weight is 288 g/mol. The standard InChI is InChI=1S/C11H11BrFNO2/c12-8-4-3-5-9(13)10(8)11(15)14-6-1-2-7-16-14/h3-5H,1-2,6-7H2. The number of hydrogen-bond donors (Lipinski definition) is 0. The highest BCUT2D eigenvalue weighted by Gasteiger charge is 2.24. The molecule has 0 saturated carbocycles. The molecule has 1 amide bonds. The largest absolute Gasteiger partial charge is 0.281 e. The Balaban J connectivity index is 2.26. The molecule has 0 aliphatic carbocycles. The van der Waals surface area contributed by atoms with E-state index in [0.717, 1.165) is 12.8 Å². The minimum atomic E-state index is -0.534. The van der Waals surface area contributed by atoms with Gasteiger partial charge in [0.2, 0.25) is 0 Å². The number of nitrogens with zero attached hydrogens (tertiary/aromatic N) is 1. The van der Waals surface area contributed by atoms with Crippen LogP contribution in [0.4, 0.5) is 4.39 Å². The third-order valence-corrected chi connectivity index (χ3v) is 3.07. The van der Waals surface area contributed by atoms with E-state index in [4.69, 9.17) is 4.84 Å². The van der Waals surface area contributed by atoms with Gasteiger partial charge in [0.05, 0.1) is 12.2 Å². The molecule has 1 aliphatic rings. The molecule has 86 valence electrons. The summed E-state index contributed by atoms with van der Waals surface area (Å²) in [6.07, 6.45) is 1.82. The lowest BCUT2D eigenvalue weighted by Crippen LogP contribution is -2.36. The molecule has 5 heteroatoms. The Kier molecular flexibility index (Phi) is 3.56. The summed E-state index contributed by atoms with van der Waals surface area (Å²) in [5.41, 5.74) is 0.0319. The molecular formula is C11H11BrFNO2. The topological polar surface area (TPSA) is 29.5 Å². The number of carbonyl (C=O) groups excluding carboxylic acids is 1. The Hall–Kier alpha value is -0.940. The van der Waals surface area contributed by atoms with Crippen LogP contribution in [-0.4, -0.2) is 24.1 Å². The van der Waals surface area contributed by atoms with Gasteiger partial charge in [-0.2, -0.15) is 0 Å². The molecule has 0 spiro atoms. The molecule has 0 aromatic heterocycles. The second kappa shape index (κ2) is 4.93. The molecule has 0 unspecified atom stereocenters. The first-order valence-electron chi connectivity index (χ1n) is 5.09. The fraction of sp³-hybridized carbons (Fsp3) is 0.364. The van der Waals surface area contributed by atoms with Crippen LogP contribution in [0.3, 0.4) is 0 Å². The Morgan fingerprint density at radius 1 is 1.44 bits per heavy atom. The van der Waals surface area contributed by atoms with E-state index in [1.54, 1.807) is 12.1 Å². The first-order valence-corrected chi connectivity index (χ1v) is 5.88. The minimum absolute atomic E-state index is 0.0319. The Morgan fingerprint density at radius 3 is 2.88 bits per heavy atom. The van der Waals surface area contributed by atoms with Crippen LogP contribution < -0.4 is 0 Å². The summed E-state index contributed by atoms with van der Waals surface area (Å²) in [5.74, 6) is -0.960. The zero-order valence-corrected chi connectivity index (χ0v) is 10.2. The van der Waals surface area contributed by atoms with Crippen molar-refractivity contribution in [2.24, 2.45) is 0 Å². The van der Waals surface area contributed by atoms with Gasteiger partial charge >= 0.3 is 0 Å². The molecule has 0 radical (unpaired) electrons. The zero-order valence-electron chi connectivity index (χ0n) is 8.58. The molecule has 1 aromatic carbocycles. The van der Waals surface area contributed by atoms with Crippen molar-refractivity contribution < 1.29 is 14.0 Å². The molecule has 0 atom stereocenters. The molecule has 3 nitrogen and oxygen atoms in total. The van der Waals surface area contributed by atoms with Crippen molar-refractivity contribution in [3.8, 4) is 0 Å². The fourth-order valence-electron chi connectivity index (χ4n) is 1.58. The summed E-state index contributed by atoms with van der Waals surface area (Å²) in [6, 6.07) is 4.45. The van der Waals surface area contributed by atoms with E-state index in [1.807, 2.05) is 0 Å². The van der Waals surface area contributed by atoms with Crippen molar-refractivity contribution in [2.75, 3.05) is 13.2 Å². The van der Waals surface area contributed by atoms with Crippen LogP contribution >= 0.6 is 15.9 Å². The van der Waals surface area contributed by atoms with Crippen molar-refractivity contribution >= 4 is 21.8 Å². The molecule has 0 N–H and O–H groups in total. The smallest absolute Gasteiger partial charge is 0.271 e. The van der Waals surface area contributed by atoms with Crippen molar-refractivity contribution in [1.82, 2.24) is 5.06 Å². The van der Waals surface area contributed by atoms with Crippen LogP contribution in [0.25, 0.3) is 0 Å². The summed E-state index contributed by atoms with van der Waals surface area (Å²) in [6.45, 7) is 1.03. The summed E-state index contributed by atoms with van der Waals surface area (Å²) in [7, 11) is 0. The molecule has 1 saturated heterocycles. The molecule has 0 bridgehead atoms. The molecule has 1 aliphatic heterocycles. The van der Waals surface area contributed by atoms with Crippen molar-refractivity contribution in [2.45, 2.75) is 12.8 Å². The number of halogens is 2. The number of hydroxylamine groups is 2. The van der Waals surface area contributed by atoms with Gasteiger partial charge in [-0.1, -0.05) is 6.07 Å². The second-order valence-electron chi connectivity index (χ2n) is 3.54. The van der Waals surface area contributed by atoms with Crippen LogP contribution in [0.15, 0.2) is 22.7 Å². The third kappa shape index (κ3) is 2.25. The van der Waals surface area contributed by atoms with Gasteiger partial charge in [-0.05, 0) is 40.9 Å². The van der Waals surface area contributed by atoms with Gasteiger partial charge in [0.1, 0.15) is 5.82 Å². The maximum atomic E-state index is 13.5. The molecule has 16 heavy (non-hydrogen) atoms. The van der Waals surface area contributed by atoms with Gasteiger partial charge in [-0.25, -0.2) is 9.45 Å². The predicted octanol–water partition coefficient (Wildman–Crippen LogP) is 2.76. The number of rotatable bonds is 1. The quantitative estimate of drug-likeness (QED) is 0.795. The van der Waals surface area contributed by atoms with Gasteiger partial charge in [0.25, 0.3) is 5.91 Å². The number of carbonyl (C=O) groups is 1. The van der Waals surface area contributed by atoms with E-state index < -0.39 is 11.7 Å². The van der Waals surface area contributed by atoms with Crippen molar-refractivity contribution in [1.29, 1.82) is 0 Å². The van der Waals surface area contributed by atoms with E-state index in [0.29, 0.717) is 17.6 Å². The molecule has 1 fully saturated rings. The first-order chi connectivity index (χ1) is 7.70. The molecule has 1 aromatic rings. The van der Waals surface area contributed by atoms with Crippen molar-refractivity contribution in [3.05, 3.63) is 34.1 Å². The van der Waals surface area contributed by atoms with Gasteiger partial charge in [-0.3, -0.25) is 9.63 Å². The van der Waals surface area contributed by atoms with E-state index in [-0.39, 0.29) is 5.56 Å². The Bertz CT molecular complexity index is 385. The normalized spacial score (nSPS) is 16.2. The lowest BCUT2D eigenvalue weighted by molar-refractivity contribution is -0.144. The second-order valence-corrected chi connectivity index (χ2v) is 4.40. The zero-order chi connectivity index (χ0) is 11.5. The maximum absolute atomic E-state index is 13.5. The lowest BCUT2D eigenvalue weighted by atomic mass is 10.2. The van der Waals surface area contributed by atoms with Crippen LogP contribution in [0.2, 0.25) is 0 Å². The number of hydrogen-bond acceptors (Lipinski definition) is 2. The van der Waals surface area contributed by atoms with Gasteiger partial charge in [-0.15, -0.1) is 0 Å². The SMILES string of the molecule is O=C(c1c(F)cccc1Br)N1CCCCO1.